The molecule has 1 aromatic rings. The van der Waals surface area contributed by atoms with E-state index >= 15 is 0 Å². The van der Waals surface area contributed by atoms with E-state index in [4.69, 9.17) is 4.74 Å². The highest BCUT2D eigenvalue weighted by Crippen LogP contribution is 2.54. The van der Waals surface area contributed by atoms with E-state index in [1.165, 1.54) is 32.1 Å². The highest BCUT2D eigenvalue weighted by molar-refractivity contribution is 5.09. The van der Waals surface area contributed by atoms with Crippen molar-refractivity contribution in [3.05, 3.63) is 18.5 Å². The van der Waals surface area contributed by atoms with Gasteiger partial charge in [-0.1, -0.05) is 12.8 Å². The van der Waals surface area contributed by atoms with E-state index in [0.29, 0.717) is 17.6 Å². The summed E-state index contributed by atoms with van der Waals surface area (Å²) < 4.78 is 7.97. The topological polar surface area (TPSA) is 39.1 Å². The van der Waals surface area contributed by atoms with Crippen LogP contribution < -0.4 is 5.32 Å². The van der Waals surface area contributed by atoms with Crippen LogP contribution in [0.2, 0.25) is 0 Å². The summed E-state index contributed by atoms with van der Waals surface area (Å²) in [5.41, 5.74) is 0.460. The number of nitrogens with zero attached hydrogens (tertiary/aromatic N) is 2. The van der Waals surface area contributed by atoms with Crippen LogP contribution >= 0.6 is 0 Å². The minimum absolute atomic E-state index is 0.460. The van der Waals surface area contributed by atoms with Gasteiger partial charge < -0.3 is 10.1 Å². The SMILES string of the molecule is CCOC1CC(NCCCn2cccn2)C12CCCC2. The van der Waals surface area contributed by atoms with Crippen LogP contribution in [0.4, 0.5) is 0 Å². The summed E-state index contributed by atoms with van der Waals surface area (Å²) >= 11 is 0. The van der Waals surface area contributed by atoms with Gasteiger partial charge in [-0.3, -0.25) is 4.68 Å². The zero-order valence-corrected chi connectivity index (χ0v) is 12.6. The van der Waals surface area contributed by atoms with Crippen LogP contribution in [-0.2, 0) is 11.3 Å². The van der Waals surface area contributed by atoms with Crippen molar-refractivity contribution in [3.63, 3.8) is 0 Å². The zero-order valence-electron chi connectivity index (χ0n) is 12.6. The molecule has 2 aliphatic rings. The maximum absolute atomic E-state index is 5.96. The van der Waals surface area contributed by atoms with Crippen molar-refractivity contribution < 1.29 is 4.74 Å². The second-order valence-electron chi connectivity index (χ2n) is 6.25. The molecule has 3 rings (SSSR count). The van der Waals surface area contributed by atoms with Crippen molar-refractivity contribution in [2.24, 2.45) is 5.41 Å². The number of hydrogen-bond donors (Lipinski definition) is 1. The molecule has 20 heavy (non-hydrogen) atoms. The van der Waals surface area contributed by atoms with Crippen LogP contribution in [0.25, 0.3) is 0 Å². The van der Waals surface area contributed by atoms with Crippen LogP contribution in [0, 0.1) is 5.41 Å². The highest BCUT2D eigenvalue weighted by Gasteiger charge is 2.56. The van der Waals surface area contributed by atoms with Crippen molar-refractivity contribution in [2.75, 3.05) is 13.2 Å². The van der Waals surface area contributed by atoms with Gasteiger partial charge in [-0.15, -0.1) is 0 Å². The largest absolute Gasteiger partial charge is 0.378 e. The van der Waals surface area contributed by atoms with Gasteiger partial charge >= 0.3 is 0 Å². The molecule has 2 saturated carbocycles. The Balaban J connectivity index is 1.43. The predicted octanol–water partition coefficient (Wildman–Crippen LogP) is 2.60. The first-order valence-corrected chi connectivity index (χ1v) is 8.17. The molecule has 0 amide bonds. The number of ether oxygens (including phenoxy) is 1. The summed E-state index contributed by atoms with van der Waals surface area (Å²) in [4.78, 5) is 0. The van der Waals surface area contributed by atoms with E-state index < -0.39 is 0 Å². The van der Waals surface area contributed by atoms with E-state index in [0.717, 1.165) is 26.1 Å². The molecule has 0 aliphatic heterocycles. The molecule has 1 spiro atoms. The van der Waals surface area contributed by atoms with Crippen LogP contribution in [0.1, 0.15) is 45.4 Å². The number of nitrogens with one attached hydrogen (secondary N) is 1. The van der Waals surface area contributed by atoms with Crippen LogP contribution in [0.5, 0.6) is 0 Å². The number of rotatable bonds is 7. The Labute approximate surface area is 121 Å². The molecule has 0 radical (unpaired) electrons. The lowest BCUT2D eigenvalue weighted by Crippen LogP contribution is -2.62. The summed E-state index contributed by atoms with van der Waals surface area (Å²) in [5, 5.41) is 8.02. The number of hydrogen-bond acceptors (Lipinski definition) is 3. The molecule has 0 aromatic carbocycles. The Kier molecular flexibility index (Phi) is 4.41. The molecule has 112 valence electrons. The smallest absolute Gasteiger partial charge is 0.0661 e. The second-order valence-corrected chi connectivity index (χ2v) is 6.25. The van der Waals surface area contributed by atoms with E-state index in [-0.39, 0.29) is 0 Å². The quantitative estimate of drug-likeness (QED) is 0.779. The Morgan fingerprint density at radius 3 is 2.95 bits per heavy atom. The Bertz CT molecular complexity index is 398. The Hall–Kier alpha value is -0.870. The van der Waals surface area contributed by atoms with Crippen LogP contribution in [0.15, 0.2) is 18.5 Å². The van der Waals surface area contributed by atoms with Gasteiger partial charge in [0.2, 0.25) is 0 Å². The van der Waals surface area contributed by atoms with E-state index in [1.807, 2.05) is 23.1 Å². The van der Waals surface area contributed by atoms with E-state index in [1.54, 1.807) is 0 Å². The maximum atomic E-state index is 5.96. The molecule has 1 aromatic heterocycles. The first-order chi connectivity index (χ1) is 9.85. The third-order valence-electron chi connectivity index (χ3n) is 5.20. The minimum Gasteiger partial charge on any atom is -0.378 e. The third kappa shape index (κ3) is 2.63. The summed E-state index contributed by atoms with van der Waals surface area (Å²) in [7, 11) is 0. The normalized spacial score (nSPS) is 27.9. The van der Waals surface area contributed by atoms with Gasteiger partial charge in [0.15, 0.2) is 0 Å². The number of aryl methyl sites for hydroxylation is 1. The first-order valence-electron chi connectivity index (χ1n) is 8.17. The van der Waals surface area contributed by atoms with Gasteiger partial charge in [-0.05, 0) is 45.2 Å². The molecular formula is C16H27N3O. The predicted molar refractivity (Wildman–Crippen MR) is 79.6 cm³/mol. The molecule has 0 bridgehead atoms. The monoisotopic (exact) mass is 277 g/mol. The first kappa shape index (κ1) is 14.1. The molecule has 1 N–H and O–H groups in total. The summed E-state index contributed by atoms with van der Waals surface area (Å²) in [5.74, 6) is 0. The van der Waals surface area contributed by atoms with E-state index in [9.17, 15) is 0 Å². The van der Waals surface area contributed by atoms with Gasteiger partial charge in [0.1, 0.15) is 0 Å². The molecular weight excluding hydrogens is 250 g/mol. The molecule has 4 heteroatoms. The Morgan fingerprint density at radius 1 is 1.40 bits per heavy atom. The summed E-state index contributed by atoms with van der Waals surface area (Å²) in [6.07, 6.45) is 12.2. The van der Waals surface area contributed by atoms with Crippen molar-refractivity contribution in [1.82, 2.24) is 15.1 Å². The summed E-state index contributed by atoms with van der Waals surface area (Å²) in [6.45, 7) is 5.08. The molecule has 2 fully saturated rings. The fourth-order valence-corrected chi connectivity index (χ4v) is 4.12. The lowest BCUT2D eigenvalue weighted by Gasteiger charge is -2.54. The van der Waals surface area contributed by atoms with Crippen LogP contribution in [0.3, 0.4) is 0 Å². The molecule has 2 unspecified atom stereocenters. The fourth-order valence-electron chi connectivity index (χ4n) is 4.12. The summed E-state index contributed by atoms with van der Waals surface area (Å²) in [6, 6.07) is 2.67. The lowest BCUT2D eigenvalue weighted by atomic mass is 9.60. The standard InChI is InChI=1S/C16H27N3O/c1-2-20-15-13-14(16(15)7-3-4-8-16)17-9-5-11-19-12-6-10-18-19/h6,10,12,14-15,17H,2-5,7-9,11,13H2,1H3. The van der Waals surface area contributed by atoms with Gasteiger partial charge in [0.25, 0.3) is 0 Å². The average molecular weight is 277 g/mol. The average Bonchev–Trinajstić information content (AvgIpc) is 3.12. The van der Waals surface area contributed by atoms with Gasteiger partial charge in [0.05, 0.1) is 6.10 Å². The molecule has 1 heterocycles. The van der Waals surface area contributed by atoms with Gasteiger partial charge in [0, 0.05) is 37.0 Å². The maximum Gasteiger partial charge on any atom is 0.0661 e. The van der Waals surface area contributed by atoms with Crippen molar-refractivity contribution in [1.29, 1.82) is 0 Å². The molecule has 2 aliphatic carbocycles. The van der Waals surface area contributed by atoms with Crippen molar-refractivity contribution in [2.45, 2.75) is 64.1 Å². The van der Waals surface area contributed by atoms with E-state index in [2.05, 4.69) is 17.3 Å². The number of aromatic nitrogens is 2. The van der Waals surface area contributed by atoms with Gasteiger partial charge in [-0.25, -0.2) is 0 Å². The minimum atomic E-state index is 0.460. The molecule has 4 nitrogen and oxygen atoms in total. The fraction of sp³-hybridized carbons (Fsp3) is 0.812. The second kappa shape index (κ2) is 6.27. The van der Waals surface area contributed by atoms with Gasteiger partial charge in [-0.2, -0.15) is 5.10 Å². The third-order valence-corrected chi connectivity index (χ3v) is 5.20. The molecule has 0 saturated heterocycles. The zero-order chi connectivity index (χ0) is 13.8. The lowest BCUT2D eigenvalue weighted by molar-refractivity contribution is -0.130. The highest BCUT2D eigenvalue weighted by atomic mass is 16.5. The molecule has 2 atom stereocenters. The van der Waals surface area contributed by atoms with Crippen molar-refractivity contribution in [3.8, 4) is 0 Å². The Morgan fingerprint density at radius 2 is 2.25 bits per heavy atom. The van der Waals surface area contributed by atoms with Crippen molar-refractivity contribution >= 4 is 0 Å². The van der Waals surface area contributed by atoms with Crippen LogP contribution in [-0.4, -0.2) is 35.1 Å².